The van der Waals surface area contributed by atoms with E-state index in [2.05, 4.69) is 5.32 Å². The average Bonchev–Trinajstić information content (AvgIpc) is 2.65. The van der Waals surface area contributed by atoms with Gasteiger partial charge >= 0.3 is 0 Å². The summed E-state index contributed by atoms with van der Waals surface area (Å²) in [7, 11) is 4.79. The summed E-state index contributed by atoms with van der Waals surface area (Å²) in [4.78, 5) is 1.15. The van der Waals surface area contributed by atoms with Crippen molar-refractivity contribution in [3.8, 4) is 17.2 Å². The Morgan fingerprint density at radius 2 is 1.80 bits per heavy atom. The van der Waals surface area contributed by atoms with E-state index in [4.69, 9.17) is 14.2 Å². The SMILES string of the molecule is COc1cc(CNC2CCSc3ccc(F)cc32)cc(OC)c1OC. The smallest absolute Gasteiger partial charge is 0.203 e. The fourth-order valence-electron chi connectivity index (χ4n) is 3.06. The molecule has 6 heteroatoms. The first kappa shape index (κ1) is 17.9. The van der Waals surface area contributed by atoms with Crippen LogP contribution < -0.4 is 19.5 Å². The molecule has 0 saturated carbocycles. The predicted octanol–water partition coefficient (Wildman–Crippen LogP) is 4.18. The molecular weight excluding hydrogens is 341 g/mol. The lowest BCUT2D eigenvalue weighted by atomic mass is 10.0. The van der Waals surface area contributed by atoms with Gasteiger partial charge in [0, 0.05) is 17.5 Å². The average molecular weight is 363 g/mol. The number of fused-ring (bicyclic) bond motifs is 1. The van der Waals surface area contributed by atoms with Gasteiger partial charge in [-0.05, 0) is 53.6 Å². The third kappa shape index (κ3) is 3.85. The summed E-state index contributed by atoms with van der Waals surface area (Å²) >= 11 is 1.78. The molecule has 2 aromatic rings. The Balaban J connectivity index is 1.80. The largest absolute Gasteiger partial charge is 0.493 e. The van der Waals surface area contributed by atoms with Crippen LogP contribution in [0.4, 0.5) is 4.39 Å². The Morgan fingerprint density at radius 3 is 2.44 bits per heavy atom. The van der Waals surface area contributed by atoms with Gasteiger partial charge in [-0.15, -0.1) is 11.8 Å². The van der Waals surface area contributed by atoms with Crippen molar-refractivity contribution in [2.75, 3.05) is 27.1 Å². The molecule has 1 N–H and O–H groups in total. The summed E-state index contributed by atoms with van der Waals surface area (Å²) in [5, 5.41) is 3.53. The van der Waals surface area contributed by atoms with Crippen LogP contribution in [-0.2, 0) is 6.54 Å². The van der Waals surface area contributed by atoms with Gasteiger partial charge in [-0.25, -0.2) is 4.39 Å². The predicted molar refractivity (Wildman–Crippen MR) is 97.4 cm³/mol. The lowest BCUT2D eigenvalue weighted by Gasteiger charge is -2.26. The fraction of sp³-hybridized carbons (Fsp3) is 0.368. The fourth-order valence-corrected chi connectivity index (χ4v) is 4.16. The van der Waals surface area contributed by atoms with Crippen molar-refractivity contribution in [2.45, 2.75) is 23.9 Å². The van der Waals surface area contributed by atoms with E-state index in [1.165, 1.54) is 6.07 Å². The van der Waals surface area contributed by atoms with Gasteiger partial charge in [0.1, 0.15) is 5.82 Å². The second-order valence-electron chi connectivity index (χ2n) is 5.79. The zero-order valence-electron chi connectivity index (χ0n) is 14.6. The van der Waals surface area contributed by atoms with Crippen LogP contribution in [0.25, 0.3) is 0 Å². The molecule has 0 aromatic heterocycles. The van der Waals surface area contributed by atoms with Crippen LogP contribution in [0.3, 0.4) is 0 Å². The molecule has 1 atom stereocenters. The van der Waals surface area contributed by atoms with Gasteiger partial charge < -0.3 is 19.5 Å². The lowest BCUT2D eigenvalue weighted by molar-refractivity contribution is 0.323. The van der Waals surface area contributed by atoms with Crippen LogP contribution >= 0.6 is 11.8 Å². The maximum Gasteiger partial charge on any atom is 0.203 e. The Kier molecular flexibility index (Phi) is 5.71. The number of rotatable bonds is 6. The van der Waals surface area contributed by atoms with Crippen molar-refractivity contribution in [3.63, 3.8) is 0 Å². The van der Waals surface area contributed by atoms with Crippen LogP contribution in [0, 0.1) is 5.82 Å². The highest BCUT2D eigenvalue weighted by atomic mass is 32.2. The van der Waals surface area contributed by atoms with Gasteiger partial charge in [-0.3, -0.25) is 0 Å². The minimum Gasteiger partial charge on any atom is -0.493 e. The monoisotopic (exact) mass is 363 g/mol. The van der Waals surface area contributed by atoms with E-state index in [0.29, 0.717) is 23.8 Å². The number of benzene rings is 2. The molecule has 1 aliphatic heterocycles. The summed E-state index contributed by atoms with van der Waals surface area (Å²) < 4.78 is 29.8. The molecular formula is C19H22FNO3S. The quantitative estimate of drug-likeness (QED) is 0.834. The van der Waals surface area contributed by atoms with Crippen molar-refractivity contribution in [3.05, 3.63) is 47.3 Å². The number of hydrogen-bond donors (Lipinski definition) is 1. The van der Waals surface area contributed by atoms with Crippen LogP contribution in [0.1, 0.15) is 23.6 Å². The van der Waals surface area contributed by atoms with Crippen molar-refractivity contribution in [2.24, 2.45) is 0 Å². The molecule has 0 spiro atoms. The zero-order chi connectivity index (χ0) is 17.8. The molecule has 0 radical (unpaired) electrons. The molecule has 1 unspecified atom stereocenters. The van der Waals surface area contributed by atoms with E-state index in [0.717, 1.165) is 28.2 Å². The van der Waals surface area contributed by atoms with Crippen LogP contribution in [-0.4, -0.2) is 27.1 Å². The molecule has 0 bridgehead atoms. The maximum absolute atomic E-state index is 13.6. The molecule has 134 valence electrons. The Bertz CT molecular complexity index is 728. The molecule has 25 heavy (non-hydrogen) atoms. The lowest BCUT2D eigenvalue weighted by Crippen LogP contribution is -2.24. The second-order valence-corrected chi connectivity index (χ2v) is 6.92. The van der Waals surface area contributed by atoms with Gasteiger partial charge in [0.2, 0.25) is 5.75 Å². The Hall–Kier alpha value is -1.92. The highest BCUT2D eigenvalue weighted by Gasteiger charge is 2.21. The van der Waals surface area contributed by atoms with Gasteiger partial charge in [0.25, 0.3) is 0 Å². The second kappa shape index (κ2) is 7.97. The Labute approximate surface area is 151 Å². The van der Waals surface area contributed by atoms with Crippen LogP contribution in [0.15, 0.2) is 35.2 Å². The number of methoxy groups -OCH3 is 3. The summed E-state index contributed by atoms with van der Waals surface area (Å²) in [6.45, 7) is 0.627. The highest BCUT2D eigenvalue weighted by Crippen LogP contribution is 2.39. The molecule has 1 aliphatic rings. The number of hydrogen-bond acceptors (Lipinski definition) is 5. The first-order valence-corrected chi connectivity index (χ1v) is 9.09. The number of halogens is 1. The van der Waals surface area contributed by atoms with Crippen molar-refractivity contribution >= 4 is 11.8 Å². The molecule has 0 fully saturated rings. The maximum atomic E-state index is 13.6. The van der Waals surface area contributed by atoms with Gasteiger partial charge in [0.15, 0.2) is 11.5 Å². The summed E-state index contributed by atoms with van der Waals surface area (Å²) in [6.07, 6.45) is 0.964. The molecule has 4 nitrogen and oxygen atoms in total. The van der Waals surface area contributed by atoms with E-state index in [9.17, 15) is 4.39 Å². The topological polar surface area (TPSA) is 39.7 Å². The van der Waals surface area contributed by atoms with Gasteiger partial charge in [0.05, 0.1) is 21.3 Å². The Morgan fingerprint density at radius 1 is 1.08 bits per heavy atom. The molecule has 0 aliphatic carbocycles. The number of nitrogens with one attached hydrogen (secondary N) is 1. The van der Waals surface area contributed by atoms with Gasteiger partial charge in [-0.2, -0.15) is 0 Å². The van der Waals surface area contributed by atoms with E-state index >= 15 is 0 Å². The van der Waals surface area contributed by atoms with E-state index in [1.807, 2.05) is 18.2 Å². The number of ether oxygens (including phenoxy) is 3. The summed E-state index contributed by atoms with van der Waals surface area (Å²) in [5.41, 5.74) is 2.05. The normalized spacial score (nSPS) is 16.2. The number of thioether (sulfide) groups is 1. The first-order valence-electron chi connectivity index (χ1n) is 8.10. The first-order chi connectivity index (χ1) is 12.2. The van der Waals surface area contributed by atoms with Crippen molar-refractivity contribution in [1.29, 1.82) is 0 Å². The zero-order valence-corrected chi connectivity index (χ0v) is 15.4. The van der Waals surface area contributed by atoms with E-state index < -0.39 is 0 Å². The van der Waals surface area contributed by atoms with Crippen LogP contribution in [0.5, 0.6) is 17.2 Å². The minimum atomic E-state index is -0.194. The third-order valence-corrected chi connectivity index (χ3v) is 5.41. The molecule has 1 heterocycles. The van der Waals surface area contributed by atoms with E-state index in [-0.39, 0.29) is 11.9 Å². The van der Waals surface area contributed by atoms with Crippen molar-refractivity contribution < 1.29 is 18.6 Å². The highest BCUT2D eigenvalue weighted by molar-refractivity contribution is 7.99. The summed E-state index contributed by atoms with van der Waals surface area (Å²) in [5.74, 6) is 2.66. The molecule has 3 rings (SSSR count). The molecule has 0 amide bonds. The van der Waals surface area contributed by atoms with E-state index in [1.54, 1.807) is 39.2 Å². The molecule has 0 saturated heterocycles. The van der Waals surface area contributed by atoms with Crippen LogP contribution in [0.2, 0.25) is 0 Å². The molecule has 2 aromatic carbocycles. The standard InChI is InChI=1S/C19H22FNO3S/c1-22-16-8-12(9-17(23-2)19(16)24-3)11-21-15-6-7-25-18-5-4-13(20)10-14(15)18/h4-5,8-10,15,21H,6-7,11H2,1-3H3. The van der Waals surface area contributed by atoms with Gasteiger partial charge in [-0.1, -0.05) is 0 Å². The summed E-state index contributed by atoms with van der Waals surface area (Å²) in [6, 6.07) is 9.01. The van der Waals surface area contributed by atoms with Crippen molar-refractivity contribution in [1.82, 2.24) is 5.32 Å². The third-order valence-electron chi connectivity index (χ3n) is 4.29. The minimum absolute atomic E-state index is 0.131.